The molecule has 0 saturated heterocycles. The first-order chi connectivity index (χ1) is 8.74. The zero-order valence-corrected chi connectivity index (χ0v) is 12.1. The van der Waals surface area contributed by atoms with E-state index in [0.717, 1.165) is 19.4 Å². The zero-order chi connectivity index (χ0) is 13.0. The fraction of sp³-hybridized carbons (Fsp3) is 0.500. The van der Waals surface area contributed by atoms with Crippen molar-refractivity contribution in [1.82, 2.24) is 15.1 Å². The molecule has 2 aromatic heterocycles. The fourth-order valence-electron chi connectivity index (χ4n) is 2.26. The number of aryl methyl sites for hydroxylation is 2. The molecule has 0 spiro atoms. The summed E-state index contributed by atoms with van der Waals surface area (Å²) >= 11 is 1.86. The Kier molecular flexibility index (Phi) is 4.55. The highest BCUT2D eigenvalue weighted by molar-refractivity contribution is 7.10. The molecule has 0 fully saturated rings. The van der Waals surface area contributed by atoms with E-state index in [9.17, 15) is 0 Å². The monoisotopic (exact) mass is 263 g/mol. The lowest BCUT2D eigenvalue weighted by atomic mass is 10.0. The second-order valence-corrected chi connectivity index (χ2v) is 5.45. The van der Waals surface area contributed by atoms with E-state index < -0.39 is 0 Å². The lowest BCUT2D eigenvalue weighted by molar-refractivity contribution is 0.554. The summed E-state index contributed by atoms with van der Waals surface area (Å²) in [6.07, 6.45) is 6.18. The smallest absolute Gasteiger partial charge is 0.0522 e. The van der Waals surface area contributed by atoms with Gasteiger partial charge in [0.1, 0.15) is 0 Å². The van der Waals surface area contributed by atoms with Crippen LogP contribution in [-0.2, 0) is 19.9 Å². The van der Waals surface area contributed by atoms with Crippen LogP contribution in [0.15, 0.2) is 23.8 Å². The summed E-state index contributed by atoms with van der Waals surface area (Å²) in [5.74, 6) is 0. The molecule has 98 valence electrons. The van der Waals surface area contributed by atoms with Gasteiger partial charge in [-0.15, -0.1) is 11.3 Å². The van der Waals surface area contributed by atoms with Crippen LogP contribution in [0.1, 0.15) is 35.9 Å². The Hall–Kier alpha value is -1.13. The van der Waals surface area contributed by atoms with Crippen molar-refractivity contribution in [3.8, 4) is 0 Å². The average molecular weight is 263 g/mol. The summed E-state index contributed by atoms with van der Waals surface area (Å²) in [4.78, 5) is 1.48. The van der Waals surface area contributed by atoms with Crippen molar-refractivity contribution in [2.75, 3.05) is 6.54 Å². The molecule has 0 aromatic carbocycles. The molecule has 2 heterocycles. The molecule has 0 aliphatic heterocycles. The minimum Gasteiger partial charge on any atom is -0.309 e. The number of aromatic nitrogens is 2. The Morgan fingerprint density at radius 2 is 2.28 bits per heavy atom. The van der Waals surface area contributed by atoms with E-state index in [1.807, 2.05) is 29.3 Å². The number of rotatable bonds is 6. The van der Waals surface area contributed by atoms with Crippen molar-refractivity contribution in [1.29, 1.82) is 0 Å². The van der Waals surface area contributed by atoms with Crippen molar-refractivity contribution in [3.05, 3.63) is 39.8 Å². The summed E-state index contributed by atoms with van der Waals surface area (Å²) in [6, 6.07) is 2.65. The third kappa shape index (κ3) is 3.00. The van der Waals surface area contributed by atoms with E-state index in [0.29, 0.717) is 6.04 Å². The lowest BCUT2D eigenvalue weighted by Crippen LogP contribution is -2.22. The van der Waals surface area contributed by atoms with Crippen molar-refractivity contribution in [3.63, 3.8) is 0 Å². The molecule has 2 aromatic rings. The van der Waals surface area contributed by atoms with Crippen LogP contribution >= 0.6 is 11.3 Å². The van der Waals surface area contributed by atoms with Gasteiger partial charge in [0, 0.05) is 24.2 Å². The van der Waals surface area contributed by atoms with Crippen molar-refractivity contribution in [2.45, 2.75) is 32.7 Å². The molecule has 0 aliphatic rings. The maximum atomic E-state index is 4.25. The number of nitrogens with zero attached hydrogens (tertiary/aromatic N) is 2. The molecule has 1 atom stereocenters. The molecule has 1 N–H and O–H groups in total. The van der Waals surface area contributed by atoms with Crippen LogP contribution in [0.3, 0.4) is 0 Å². The van der Waals surface area contributed by atoms with Crippen molar-refractivity contribution >= 4 is 11.3 Å². The van der Waals surface area contributed by atoms with Gasteiger partial charge in [0.25, 0.3) is 0 Å². The predicted octanol–water partition coefficient (Wildman–Crippen LogP) is 2.94. The molecular weight excluding hydrogens is 242 g/mol. The molecule has 2 rings (SSSR count). The fourth-order valence-corrected chi connectivity index (χ4v) is 3.34. The number of thiophene rings is 1. The second kappa shape index (κ2) is 6.16. The molecule has 0 aliphatic carbocycles. The molecule has 0 bridgehead atoms. The van der Waals surface area contributed by atoms with Crippen LogP contribution in [-0.4, -0.2) is 16.3 Å². The highest BCUT2D eigenvalue weighted by atomic mass is 32.1. The molecule has 3 nitrogen and oxygen atoms in total. The number of hydrogen-bond acceptors (Lipinski definition) is 3. The van der Waals surface area contributed by atoms with Crippen LogP contribution in [0.4, 0.5) is 0 Å². The first kappa shape index (κ1) is 13.3. The molecule has 4 heteroatoms. The third-order valence-corrected chi connectivity index (χ3v) is 4.20. The Morgan fingerprint density at radius 1 is 1.44 bits per heavy atom. The maximum absolute atomic E-state index is 4.25. The van der Waals surface area contributed by atoms with Gasteiger partial charge in [-0.05, 0) is 42.0 Å². The highest BCUT2D eigenvalue weighted by Gasteiger charge is 2.16. The van der Waals surface area contributed by atoms with E-state index in [1.54, 1.807) is 0 Å². The van der Waals surface area contributed by atoms with Gasteiger partial charge in [0.2, 0.25) is 0 Å². The Bertz CT molecular complexity index is 487. The third-order valence-electron chi connectivity index (χ3n) is 3.13. The Balaban J connectivity index is 2.17. The zero-order valence-electron chi connectivity index (χ0n) is 11.3. The molecule has 18 heavy (non-hydrogen) atoms. The summed E-state index contributed by atoms with van der Waals surface area (Å²) in [7, 11) is 1.97. The average Bonchev–Trinajstić information content (AvgIpc) is 2.97. The Labute approximate surface area is 113 Å². The normalized spacial score (nSPS) is 12.8. The minimum atomic E-state index is 0.411. The van der Waals surface area contributed by atoms with Gasteiger partial charge in [-0.2, -0.15) is 5.10 Å². The summed E-state index contributed by atoms with van der Waals surface area (Å²) < 4.78 is 1.87. The standard InChI is InChI=1S/C14H21N3S/c1-4-12-6-7-18-14(12)13(15-5-2)8-11-9-16-17(3)10-11/h6-7,9-10,13,15H,4-5,8H2,1-3H3. The quantitative estimate of drug-likeness (QED) is 0.868. The van der Waals surface area contributed by atoms with E-state index >= 15 is 0 Å². The molecule has 0 radical (unpaired) electrons. The molecular formula is C14H21N3S. The first-order valence-electron chi connectivity index (χ1n) is 6.51. The van der Waals surface area contributed by atoms with Gasteiger partial charge in [-0.25, -0.2) is 0 Å². The van der Waals surface area contributed by atoms with Crippen molar-refractivity contribution < 1.29 is 0 Å². The molecule has 1 unspecified atom stereocenters. The van der Waals surface area contributed by atoms with Crippen LogP contribution in [0.5, 0.6) is 0 Å². The van der Waals surface area contributed by atoms with E-state index in [1.165, 1.54) is 16.0 Å². The van der Waals surface area contributed by atoms with Gasteiger partial charge in [0.15, 0.2) is 0 Å². The summed E-state index contributed by atoms with van der Waals surface area (Å²) in [6.45, 7) is 5.38. The first-order valence-corrected chi connectivity index (χ1v) is 7.39. The van der Waals surface area contributed by atoms with Crippen LogP contribution < -0.4 is 5.32 Å². The van der Waals surface area contributed by atoms with Gasteiger partial charge in [0.05, 0.1) is 6.20 Å². The highest BCUT2D eigenvalue weighted by Crippen LogP contribution is 2.27. The van der Waals surface area contributed by atoms with Gasteiger partial charge in [-0.3, -0.25) is 4.68 Å². The second-order valence-electron chi connectivity index (χ2n) is 4.50. The van der Waals surface area contributed by atoms with Crippen LogP contribution in [0.25, 0.3) is 0 Å². The van der Waals surface area contributed by atoms with Crippen molar-refractivity contribution in [2.24, 2.45) is 7.05 Å². The predicted molar refractivity (Wildman–Crippen MR) is 77.0 cm³/mol. The maximum Gasteiger partial charge on any atom is 0.0522 e. The van der Waals surface area contributed by atoms with E-state index in [4.69, 9.17) is 0 Å². The summed E-state index contributed by atoms with van der Waals surface area (Å²) in [5, 5.41) is 10.0. The van der Waals surface area contributed by atoms with E-state index in [-0.39, 0.29) is 0 Å². The number of likely N-dealkylation sites (N-methyl/N-ethyl adjacent to an activating group) is 1. The topological polar surface area (TPSA) is 29.9 Å². The molecule has 0 amide bonds. The van der Waals surface area contributed by atoms with Gasteiger partial charge in [-0.1, -0.05) is 13.8 Å². The molecule has 0 saturated carbocycles. The van der Waals surface area contributed by atoms with Gasteiger partial charge < -0.3 is 5.32 Å². The van der Waals surface area contributed by atoms with E-state index in [2.05, 4.69) is 41.9 Å². The number of nitrogens with one attached hydrogen (secondary N) is 1. The summed E-state index contributed by atoms with van der Waals surface area (Å²) in [5.41, 5.74) is 2.76. The number of hydrogen-bond donors (Lipinski definition) is 1. The Morgan fingerprint density at radius 3 is 2.89 bits per heavy atom. The largest absolute Gasteiger partial charge is 0.309 e. The van der Waals surface area contributed by atoms with Crippen LogP contribution in [0.2, 0.25) is 0 Å². The SMILES string of the molecule is CCNC(Cc1cnn(C)c1)c1sccc1CC. The van der Waals surface area contributed by atoms with Crippen LogP contribution in [0, 0.1) is 0 Å². The van der Waals surface area contributed by atoms with Gasteiger partial charge >= 0.3 is 0 Å². The lowest BCUT2D eigenvalue weighted by Gasteiger charge is -2.17. The minimum absolute atomic E-state index is 0.411.